The molecule has 29 heavy (non-hydrogen) atoms. The third-order valence-electron chi connectivity index (χ3n) is 4.29. The van der Waals surface area contributed by atoms with Gasteiger partial charge in [-0.3, -0.25) is 20.4 Å². The molecule has 1 heterocycles. The molecule has 0 unspecified atom stereocenters. The van der Waals surface area contributed by atoms with E-state index in [1.165, 1.54) is 0 Å². The van der Waals surface area contributed by atoms with E-state index in [2.05, 4.69) is 16.0 Å². The lowest BCUT2D eigenvalue weighted by Crippen LogP contribution is -2.41. The van der Waals surface area contributed by atoms with Crippen molar-refractivity contribution < 1.29 is 14.3 Å². The van der Waals surface area contributed by atoms with Crippen molar-refractivity contribution >= 4 is 23.4 Å². The molecule has 1 aromatic heterocycles. The zero-order chi connectivity index (χ0) is 21.0. The number of hydrazine groups is 1. The maximum absolute atomic E-state index is 12.3. The fourth-order valence-electron chi connectivity index (χ4n) is 2.76. The second-order valence-electron chi connectivity index (χ2n) is 6.31. The predicted molar refractivity (Wildman–Crippen MR) is 111 cm³/mol. The summed E-state index contributed by atoms with van der Waals surface area (Å²) in [7, 11) is 0. The fraction of sp³-hybridized carbons (Fsp3) is 0.190. The van der Waals surface area contributed by atoms with Crippen molar-refractivity contribution in [1.29, 1.82) is 0 Å². The molecule has 0 spiro atoms. The van der Waals surface area contributed by atoms with Gasteiger partial charge in [0.2, 0.25) is 0 Å². The molecule has 0 saturated carbocycles. The second-order valence-corrected chi connectivity index (χ2v) is 6.69. The molecular formula is C21H21ClN4O3. The van der Waals surface area contributed by atoms with Crippen LogP contribution >= 0.6 is 11.6 Å². The number of hydrogen-bond acceptors (Lipinski definition) is 4. The summed E-state index contributed by atoms with van der Waals surface area (Å²) in [4.78, 5) is 24.5. The van der Waals surface area contributed by atoms with Crippen LogP contribution in [0.1, 0.15) is 39.0 Å². The molecule has 7 nitrogen and oxygen atoms in total. The molecule has 150 valence electrons. The van der Waals surface area contributed by atoms with Crippen molar-refractivity contribution in [3.05, 3.63) is 76.1 Å². The van der Waals surface area contributed by atoms with E-state index in [1.807, 2.05) is 20.8 Å². The Morgan fingerprint density at radius 3 is 1.93 bits per heavy atom. The molecular weight excluding hydrogens is 392 g/mol. The molecule has 2 amide bonds. The highest BCUT2D eigenvalue weighted by Crippen LogP contribution is 2.22. The van der Waals surface area contributed by atoms with Crippen LogP contribution in [0.4, 0.5) is 0 Å². The van der Waals surface area contributed by atoms with Crippen molar-refractivity contribution in [3.63, 3.8) is 0 Å². The lowest BCUT2D eigenvalue weighted by molar-refractivity contribution is 0.0846. The monoisotopic (exact) mass is 412 g/mol. The quantitative estimate of drug-likeness (QED) is 0.627. The number of nitrogens with one attached hydrogen (secondary N) is 2. The summed E-state index contributed by atoms with van der Waals surface area (Å²) in [5.74, 6) is -0.172. The number of ether oxygens (including phenoxy) is 1. The summed E-state index contributed by atoms with van der Waals surface area (Å²) in [6.45, 7) is 6.14. The zero-order valence-electron chi connectivity index (χ0n) is 16.3. The number of rotatable bonds is 5. The largest absolute Gasteiger partial charge is 0.494 e. The first-order valence-corrected chi connectivity index (χ1v) is 9.44. The molecule has 2 aromatic carbocycles. The number of hydrogen-bond donors (Lipinski definition) is 2. The van der Waals surface area contributed by atoms with E-state index in [-0.39, 0.29) is 0 Å². The number of aromatic nitrogens is 2. The molecule has 0 fully saturated rings. The zero-order valence-corrected chi connectivity index (χ0v) is 17.1. The summed E-state index contributed by atoms with van der Waals surface area (Å²) in [5.41, 5.74) is 7.96. The van der Waals surface area contributed by atoms with Crippen LogP contribution in [0, 0.1) is 13.8 Å². The van der Waals surface area contributed by atoms with Gasteiger partial charge in [-0.1, -0.05) is 11.6 Å². The average molecular weight is 413 g/mol. The van der Waals surface area contributed by atoms with Crippen molar-refractivity contribution in [2.24, 2.45) is 0 Å². The van der Waals surface area contributed by atoms with Crippen molar-refractivity contribution in [2.45, 2.75) is 20.8 Å². The molecule has 0 aliphatic heterocycles. The van der Waals surface area contributed by atoms with Gasteiger partial charge >= 0.3 is 0 Å². The molecule has 0 atom stereocenters. The Morgan fingerprint density at radius 2 is 1.48 bits per heavy atom. The fourth-order valence-corrected chi connectivity index (χ4v) is 2.87. The molecule has 0 aliphatic carbocycles. The van der Waals surface area contributed by atoms with Gasteiger partial charge in [0.25, 0.3) is 11.8 Å². The minimum atomic E-state index is -0.428. The van der Waals surface area contributed by atoms with Crippen molar-refractivity contribution in [2.75, 3.05) is 6.61 Å². The number of nitrogens with zero attached hydrogens (tertiary/aromatic N) is 2. The van der Waals surface area contributed by atoms with E-state index in [4.69, 9.17) is 16.3 Å². The van der Waals surface area contributed by atoms with Gasteiger partial charge in [0.1, 0.15) is 5.75 Å². The Labute approximate surface area is 173 Å². The first-order valence-electron chi connectivity index (χ1n) is 9.06. The first-order chi connectivity index (χ1) is 13.9. The summed E-state index contributed by atoms with van der Waals surface area (Å²) in [6.07, 6.45) is 0. The summed E-state index contributed by atoms with van der Waals surface area (Å²) in [6, 6.07) is 13.5. The van der Waals surface area contributed by atoms with E-state index in [9.17, 15) is 9.59 Å². The van der Waals surface area contributed by atoms with Crippen LogP contribution in [0.2, 0.25) is 5.02 Å². The first kappa shape index (κ1) is 20.4. The van der Waals surface area contributed by atoms with Gasteiger partial charge in [-0.05, 0) is 69.3 Å². The van der Waals surface area contributed by atoms with E-state index in [1.54, 1.807) is 53.2 Å². The predicted octanol–water partition coefficient (Wildman–Crippen LogP) is 3.62. The molecule has 3 aromatic rings. The van der Waals surface area contributed by atoms with Crippen LogP contribution in [0.5, 0.6) is 5.75 Å². The Balaban J connectivity index is 1.62. The minimum absolute atomic E-state index is 0.397. The van der Waals surface area contributed by atoms with Crippen LogP contribution < -0.4 is 15.6 Å². The lowest BCUT2D eigenvalue weighted by Gasteiger charge is -2.09. The average Bonchev–Trinajstić information content (AvgIpc) is 3.00. The highest BCUT2D eigenvalue weighted by atomic mass is 35.5. The number of carbonyl (C=O) groups excluding carboxylic acids is 2. The Hall–Kier alpha value is -3.32. The van der Waals surface area contributed by atoms with Gasteiger partial charge in [0, 0.05) is 11.1 Å². The van der Waals surface area contributed by atoms with Crippen LogP contribution in [-0.4, -0.2) is 28.2 Å². The van der Waals surface area contributed by atoms with Crippen molar-refractivity contribution in [3.8, 4) is 11.4 Å². The van der Waals surface area contributed by atoms with Gasteiger partial charge < -0.3 is 4.74 Å². The second kappa shape index (κ2) is 8.79. The standard InChI is InChI=1S/C21H21ClN4O3/c1-4-29-18-11-7-16(8-12-18)21(28)24-23-20(27)15-5-9-17(10-6-15)26-14(3)19(22)13(2)25-26/h5-12H,4H2,1-3H3,(H,23,27)(H,24,28). The van der Waals surface area contributed by atoms with E-state index in [0.29, 0.717) is 28.5 Å². The number of halogens is 1. The van der Waals surface area contributed by atoms with Gasteiger partial charge in [-0.25, -0.2) is 4.68 Å². The van der Waals surface area contributed by atoms with Crippen LogP contribution in [-0.2, 0) is 0 Å². The molecule has 0 aliphatic rings. The number of aryl methyl sites for hydroxylation is 1. The molecule has 3 rings (SSSR count). The van der Waals surface area contributed by atoms with Gasteiger partial charge in [-0.15, -0.1) is 0 Å². The van der Waals surface area contributed by atoms with E-state index < -0.39 is 11.8 Å². The van der Waals surface area contributed by atoms with Crippen LogP contribution in [0.25, 0.3) is 5.69 Å². The SMILES string of the molecule is CCOc1ccc(C(=O)NNC(=O)c2ccc(-n3nc(C)c(Cl)c3C)cc2)cc1. The Morgan fingerprint density at radius 1 is 0.966 bits per heavy atom. The minimum Gasteiger partial charge on any atom is -0.494 e. The number of benzene rings is 2. The highest BCUT2D eigenvalue weighted by molar-refractivity contribution is 6.31. The number of carbonyl (C=O) groups is 2. The summed E-state index contributed by atoms with van der Waals surface area (Å²) in [5, 5.41) is 5.00. The number of amides is 2. The highest BCUT2D eigenvalue weighted by Gasteiger charge is 2.12. The van der Waals surface area contributed by atoms with Crippen molar-refractivity contribution in [1.82, 2.24) is 20.6 Å². The Kier molecular flexibility index (Phi) is 6.19. The molecule has 0 saturated heterocycles. The van der Waals surface area contributed by atoms with E-state index >= 15 is 0 Å². The third-order valence-corrected chi connectivity index (χ3v) is 4.84. The Bertz CT molecular complexity index is 1030. The normalized spacial score (nSPS) is 10.5. The third kappa shape index (κ3) is 4.57. The van der Waals surface area contributed by atoms with Gasteiger partial charge in [-0.2, -0.15) is 5.10 Å². The smallest absolute Gasteiger partial charge is 0.269 e. The molecule has 0 bridgehead atoms. The van der Waals surface area contributed by atoms with Crippen LogP contribution in [0.15, 0.2) is 48.5 Å². The lowest BCUT2D eigenvalue weighted by atomic mass is 10.2. The van der Waals surface area contributed by atoms with E-state index in [0.717, 1.165) is 17.1 Å². The maximum Gasteiger partial charge on any atom is 0.269 e. The summed E-state index contributed by atoms with van der Waals surface area (Å²) >= 11 is 6.18. The van der Waals surface area contributed by atoms with Gasteiger partial charge in [0.15, 0.2) is 0 Å². The topological polar surface area (TPSA) is 85.3 Å². The van der Waals surface area contributed by atoms with Gasteiger partial charge in [0.05, 0.1) is 28.7 Å². The maximum atomic E-state index is 12.3. The molecule has 0 radical (unpaired) electrons. The molecule has 2 N–H and O–H groups in total. The molecule has 8 heteroatoms. The summed E-state index contributed by atoms with van der Waals surface area (Å²) < 4.78 is 7.05. The van der Waals surface area contributed by atoms with Crippen LogP contribution in [0.3, 0.4) is 0 Å².